The molecule has 7 nitrogen and oxygen atoms in total. The van der Waals surface area contributed by atoms with E-state index in [1.54, 1.807) is 6.92 Å². The van der Waals surface area contributed by atoms with Gasteiger partial charge in [0.15, 0.2) is 0 Å². The van der Waals surface area contributed by atoms with E-state index >= 15 is 0 Å². The van der Waals surface area contributed by atoms with Crippen LogP contribution in [-0.4, -0.2) is 46.6 Å². The van der Waals surface area contributed by atoms with Gasteiger partial charge in [-0.2, -0.15) is 0 Å². The number of halogens is 1. The standard InChI is InChI=1S/C14H14FN3O4/c1-2-7-17-12(20)13(21)18(14(17)22)8-11(19)16-10-6-4-3-5-9(10)15/h3-6H,2,7-8H2,1H3,(H,16,19). The quantitative estimate of drug-likeness (QED) is 0.648. The number of hydrogen-bond donors (Lipinski definition) is 1. The highest BCUT2D eigenvalue weighted by molar-refractivity contribution is 6.45. The molecule has 0 aliphatic carbocycles. The van der Waals surface area contributed by atoms with Crippen LogP contribution in [0.3, 0.4) is 0 Å². The van der Waals surface area contributed by atoms with E-state index in [0.717, 1.165) is 11.0 Å². The van der Waals surface area contributed by atoms with E-state index in [4.69, 9.17) is 0 Å². The number of imide groups is 2. The van der Waals surface area contributed by atoms with E-state index in [2.05, 4.69) is 5.32 Å². The van der Waals surface area contributed by atoms with Crippen molar-refractivity contribution in [3.05, 3.63) is 30.1 Å². The fraction of sp³-hybridized carbons (Fsp3) is 0.286. The van der Waals surface area contributed by atoms with Crippen LogP contribution < -0.4 is 5.32 Å². The molecule has 1 heterocycles. The highest BCUT2D eigenvalue weighted by Crippen LogP contribution is 2.15. The predicted octanol–water partition coefficient (Wildman–Crippen LogP) is 0.965. The summed E-state index contributed by atoms with van der Waals surface area (Å²) in [4.78, 5) is 48.4. The highest BCUT2D eigenvalue weighted by atomic mass is 19.1. The average molecular weight is 307 g/mol. The fourth-order valence-electron chi connectivity index (χ4n) is 2.01. The Hall–Kier alpha value is -2.77. The maximum absolute atomic E-state index is 13.4. The molecule has 1 aliphatic rings. The van der Waals surface area contributed by atoms with Gasteiger partial charge >= 0.3 is 17.8 Å². The molecule has 1 saturated heterocycles. The lowest BCUT2D eigenvalue weighted by Gasteiger charge is -2.14. The van der Waals surface area contributed by atoms with Crippen LogP contribution >= 0.6 is 0 Å². The number of carbonyl (C=O) groups is 4. The lowest BCUT2D eigenvalue weighted by molar-refractivity contribution is -0.143. The first kappa shape index (κ1) is 15.6. The van der Waals surface area contributed by atoms with Gasteiger partial charge in [-0.25, -0.2) is 14.1 Å². The van der Waals surface area contributed by atoms with Crippen molar-refractivity contribution >= 4 is 29.4 Å². The summed E-state index contributed by atoms with van der Waals surface area (Å²) in [6, 6.07) is 4.65. The number of amides is 5. The summed E-state index contributed by atoms with van der Waals surface area (Å²) < 4.78 is 13.4. The molecule has 1 N–H and O–H groups in total. The van der Waals surface area contributed by atoms with Gasteiger partial charge in [0.1, 0.15) is 12.4 Å². The molecule has 22 heavy (non-hydrogen) atoms. The third-order valence-electron chi connectivity index (χ3n) is 3.03. The van der Waals surface area contributed by atoms with E-state index in [0.29, 0.717) is 11.3 Å². The van der Waals surface area contributed by atoms with Crippen LogP contribution in [0.5, 0.6) is 0 Å². The molecule has 5 amide bonds. The molecular weight excluding hydrogens is 293 g/mol. The van der Waals surface area contributed by atoms with Crippen LogP contribution in [0.15, 0.2) is 24.3 Å². The average Bonchev–Trinajstić information content (AvgIpc) is 2.68. The number of benzene rings is 1. The van der Waals surface area contributed by atoms with E-state index in [1.165, 1.54) is 18.2 Å². The Labute approximate surface area is 125 Å². The summed E-state index contributed by atoms with van der Waals surface area (Å²) in [5.74, 6) is -3.41. The summed E-state index contributed by atoms with van der Waals surface area (Å²) in [5, 5.41) is 2.25. The number of nitrogens with one attached hydrogen (secondary N) is 1. The monoisotopic (exact) mass is 307 g/mol. The maximum atomic E-state index is 13.4. The first-order valence-corrected chi connectivity index (χ1v) is 6.67. The van der Waals surface area contributed by atoms with Gasteiger partial charge < -0.3 is 5.32 Å². The second-order valence-electron chi connectivity index (χ2n) is 4.66. The van der Waals surface area contributed by atoms with E-state index in [-0.39, 0.29) is 12.2 Å². The summed E-state index contributed by atoms with van der Waals surface area (Å²) in [6.07, 6.45) is 0.500. The summed E-state index contributed by atoms with van der Waals surface area (Å²) in [7, 11) is 0. The van der Waals surface area contributed by atoms with Crippen molar-refractivity contribution in [1.82, 2.24) is 9.80 Å². The molecule has 0 unspecified atom stereocenters. The van der Waals surface area contributed by atoms with Crippen molar-refractivity contribution in [3.8, 4) is 0 Å². The molecule has 0 saturated carbocycles. The zero-order chi connectivity index (χ0) is 16.3. The van der Waals surface area contributed by atoms with Gasteiger partial charge in [-0.1, -0.05) is 19.1 Å². The van der Waals surface area contributed by atoms with Crippen LogP contribution in [0.2, 0.25) is 0 Å². The van der Waals surface area contributed by atoms with Crippen LogP contribution in [0.4, 0.5) is 14.9 Å². The first-order valence-electron chi connectivity index (χ1n) is 6.67. The van der Waals surface area contributed by atoms with Gasteiger partial charge in [0.2, 0.25) is 5.91 Å². The van der Waals surface area contributed by atoms with E-state index in [9.17, 15) is 23.6 Å². The SMILES string of the molecule is CCCN1C(=O)C(=O)N(CC(=O)Nc2ccccc2F)C1=O. The van der Waals surface area contributed by atoms with E-state index in [1.807, 2.05) is 0 Å². The zero-order valence-corrected chi connectivity index (χ0v) is 11.8. The Morgan fingerprint density at radius 1 is 1.14 bits per heavy atom. The van der Waals surface area contributed by atoms with Crippen molar-refractivity contribution in [3.63, 3.8) is 0 Å². The van der Waals surface area contributed by atoms with Gasteiger partial charge in [-0.15, -0.1) is 0 Å². The van der Waals surface area contributed by atoms with Gasteiger partial charge in [0, 0.05) is 6.54 Å². The van der Waals surface area contributed by atoms with Crippen molar-refractivity contribution in [2.24, 2.45) is 0 Å². The Morgan fingerprint density at radius 3 is 2.41 bits per heavy atom. The molecule has 8 heteroatoms. The molecule has 1 aromatic carbocycles. The molecule has 0 atom stereocenters. The molecule has 1 aromatic rings. The van der Waals surface area contributed by atoms with Crippen LogP contribution in [0, 0.1) is 5.82 Å². The Bertz CT molecular complexity index is 647. The fourth-order valence-corrected chi connectivity index (χ4v) is 2.01. The van der Waals surface area contributed by atoms with Crippen molar-refractivity contribution in [1.29, 1.82) is 0 Å². The molecular formula is C14H14FN3O4. The minimum Gasteiger partial charge on any atom is -0.322 e. The number of hydrogen-bond acceptors (Lipinski definition) is 4. The second-order valence-corrected chi connectivity index (χ2v) is 4.66. The van der Waals surface area contributed by atoms with Crippen LogP contribution in [0.25, 0.3) is 0 Å². The number of urea groups is 1. The number of carbonyl (C=O) groups excluding carboxylic acids is 4. The normalized spacial score (nSPS) is 14.7. The van der Waals surface area contributed by atoms with Crippen molar-refractivity contribution < 1.29 is 23.6 Å². The molecule has 1 aliphatic heterocycles. The number of rotatable bonds is 5. The van der Waals surface area contributed by atoms with Crippen molar-refractivity contribution in [2.45, 2.75) is 13.3 Å². The molecule has 0 aromatic heterocycles. The Balaban J connectivity index is 2.05. The minimum atomic E-state index is -1.05. The summed E-state index contributed by atoms with van der Waals surface area (Å²) >= 11 is 0. The predicted molar refractivity (Wildman–Crippen MR) is 74.1 cm³/mol. The van der Waals surface area contributed by atoms with E-state index < -0.39 is 36.1 Å². The smallest absolute Gasteiger partial charge is 0.322 e. The van der Waals surface area contributed by atoms with Crippen LogP contribution in [0.1, 0.15) is 13.3 Å². The van der Waals surface area contributed by atoms with Crippen molar-refractivity contribution in [2.75, 3.05) is 18.4 Å². The molecule has 2 rings (SSSR count). The number of para-hydroxylation sites is 1. The van der Waals surface area contributed by atoms with Gasteiger partial charge in [0.25, 0.3) is 0 Å². The van der Waals surface area contributed by atoms with Gasteiger partial charge in [-0.05, 0) is 18.6 Å². The third-order valence-corrected chi connectivity index (χ3v) is 3.03. The third kappa shape index (κ3) is 2.95. The summed E-state index contributed by atoms with van der Waals surface area (Å²) in [6.45, 7) is 1.21. The minimum absolute atomic E-state index is 0.0664. The molecule has 0 bridgehead atoms. The summed E-state index contributed by atoms with van der Waals surface area (Å²) in [5.41, 5.74) is -0.0664. The van der Waals surface area contributed by atoms with Crippen LogP contribution in [-0.2, 0) is 14.4 Å². The second kappa shape index (κ2) is 6.33. The molecule has 0 spiro atoms. The Kier molecular flexibility index (Phi) is 4.50. The highest BCUT2D eigenvalue weighted by Gasteiger charge is 2.44. The zero-order valence-electron chi connectivity index (χ0n) is 11.8. The number of nitrogens with zero attached hydrogens (tertiary/aromatic N) is 2. The Morgan fingerprint density at radius 2 is 1.77 bits per heavy atom. The molecule has 1 fully saturated rings. The topological polar surface area (TPSA) is 86.8 Å². The van der Waals surface area contributed by atoms with Gasteiger partial charge in [-0.3, -0.25) is 19.3 Å². The maximum Gasteiger partial charge on any atom is 0.334 e. The molecule has 0 radical (unpaired) electrons. The largest absolute Gasteiger partial charge is 0.334 e. The lowest BCUT2D eigenvalue weighted by Crippen LogP contribution is -2.39. The van der Waals surface area contributed by atoms with Gasteiger partial charge in [0.05, 0.1) is 5.69 Å². The molecule has 116 valence electrons. The lowest BCUT2D eigenvalue weighted by atomic mass is 10.3. The number of anilines is 1. The first-order chi connectivity index (χ1) is 10.5.